The van der Waals surface area contributed by atoms with Gasteiger partial charge < -0.3 is 0 Å². The van der Waals surface area contributed by atoms with Gasteiger partial charge in [0.15, 0.2) is 0 Å². The maximum absolute atomic E-state index is 9.40. The Kier molecular flexibility index (Phi) is 90.1. The van der Waals surface area contributed by atoms with Crippen LogP contribution >= 0.6 is 21.4 Å². The van der Waals surface area contributed by atoms with Crippen LogP contribution in [0.1, 0.15) is 6.42 Å². The number of hydrogen-bond acceptors (Lipinski definition) is 6. The molecule has 161 valence electrons. The summed E-state index contributed by atoms with van der Waals surface area (Å²) in [6.45, 7) is 0. The molecule has 0 bridgehead atoms. The van der Waals surface area contributed by atoms with Crippen LogP contribution in [0.25, 0.3) is 0 Å². The zero-order chi connectivity index (χ0) is 13.9. The van der Waals surface area contributed by atoms with Crippen molar-refractivity contribution in [3.8, 4) is 0 Å². The van der Waals surface area contributed by atoms with E-state index in [0.29, 0.717) is 0 Å². The van der Waals surface area contributed by atoms with Gasteiger partial charge in [0, 0.05) is 59.2 Å². The second-order valence-corrected chi connectivity index (χ2v) is 7.01. The first-order chi connectivity index (χ1) is 7.62. The monoisotopic (exact) mass is 684 g/mol. The van der Waals surface area contributed by atoms with E-state index >= 15 is 0 Å². The molecular formula is C7H13Cl2CoF6O6S2W-. The molecule has 0 N–H and O–H groups in total. The molecule has 0 aromatic carbocycles. The molecule has 0 aromatic rings. The van der Waals surface area contributed by atoms with Gasteiger partial charge in [0.1, 0.15) is 0 Å². The summed E-state index contributed by atoms with van der Waals surface area (Å²) in [6, 6.07) is 0. The standard InChI is InChI=1S/C5H5.2CHClO3S.Co.6FH.W/c1-2-4-5-3-1;2*2-6(4,5)1-3;;;;;;;;/h1-3H,4H2;2*1H;;6*1H;/q-1;;;;;;;;;;. The average molecular weight is 685 g/mol. The van der Waals surface area contributed by atoms with Crippen molar-refractivity contribution in [2.75, 3.05) is 0 Å². The summed E-state index contributed by atoms with van der Waals surface area (Å²) in [7, 11) is 0.903. The predicted molar refractivity (Wildman–Crippen MR) is 79.6 cm³/mol. The third-order valence-electron chi connectivity index (χ3n) is 0.816. The minimum absolute atomic E-state index is 0. The van der Waals surface area contributed by atoms with Gasteiger partial charge in [-0.1, -0.05) is 0 Å². The Morgan fingerprint density at radius 1 is 0.800 bits per heavy atom. The first-order valence-corrected chi connectivity index (χ1v) is 8.38. The molecule has 0 amide bonds. The molecule has 0 unspecified atom stereocenters. The Bertz CT molecular complexity index is 450. The van der Waals surface area contributed by atoms with E-state index < -0.39 is 18.1 Å². The summed E-state index contributed by atoms with van der Waals surface area (Å²) >= 11 is 0. The Hall–Kier alpha value is 0.0748. The first kappa shape index (κ1) is 64.0. The van der Waals surface area contributed by atoms with Gasteiger partial charge in [-0.25, -0.2) is 29.0 Å². The molecule has 1 aliphatic rings. The van der Waals surface area contributed by atoms with Gasteiger partial charge in [-0.2, -0.15) is 6.08 Å². The molecule has 0 aromatic heterocycles. The Labute approximate surface area is 173 Å². The Balaban J connectivity index is -0.0000000146. The van der Waals surface area contributed by atoms with Crippen LogP contribution in [0.3, 0.4) is 0 Å². The topological polar surface area (TPSA) is 102 Å². The Morgan fingerprint density at radius 2 is 1.04 bits per heavy atom. The van der Waals surface area contributed by atoms with Crippen LogP contribution < -0.4 is 0 Å². The minimum atomic E-state index is -3.87. The molecule has 25 heavy (non-hydrogen) atoms. The van der Waals surface area contributed by atoms with Crippen LogP contribution in [-0.4, -0.2) is 28.1 Å². The average Bonchev–Trinajstić information content (AvgIpc) is 2.74. The van der Waals surface area contributed by atoms with Gasteiger partial charge in [-0.3, -0.25) is 43.9 Å². The number of rotatable bonds is 2. The van der Waals surface area contributed by atoms with E-state index in [-0.39, 0.29) is 77.3 Å². The van der Waals surface area contributed by atoms with Crippen molar-refractivity contribution in [1.82, 2.24) is 0 Å². The molecule has 0 atom stereocenters. The summed E-state index contributed by atoms with van der Waals surface area (Å²) < 4.78 is 37.6. The summed E-state index contributed by atoms with van der Waals surface area (Å²) in [6.07, 6.45) is 10.0. The van der Waals surface area contributed by atoms with Gasteiger partial charge in [-0.15, -0.1) is 6.42 Å². The van der Waals surface area contributed by atoms with Gasteiger partial charge in [-0.05, 0) is 0 Å². The van der Waals surface area contributed by atoms with Crippen molar-refractivity contribution in [2.24, 2.45) is 0 Å². The summed E-state index contributed by atoms with van der Waals surface area (Å²) in [4.78, 5) is 18.2. The molecule has 0 saturated heterocycles. The van der Waals surface area contributed by atoms with E-state index in [0.717, 1.165) is 6.42 Å². The van der Waals surface area contributed by atoms with Crippen molar-refractivity contribution >= 4 is 50.7 Å². The van der Waals surface area contributed by atoms with Crippen LogP contribution in [0.5, 0.6) is 0 Å². The van der Waals surface area contributed by atoms with Crippen LogP contribution in [0.4, 0.5) is 28.2 Å². The fourth-order valence-corrected chi connectivity index (χ4v) is 0.340. The van der Waals surface area contributed by atoms with Crippen molar-refractivity contribution in [1.29, 1.82) is 0 Å². The van der Waals surface area contributed by atoms with E-state index in [2.05, 4.69) is 33.5 Å². The molecule has 1 aliphatic carbocycles. The van der Waals surface area contributed by atoms with Crippen molar-refractivity contribution in [3.05, 3.63) is 24.3 Å². The van der Waals surface area contributed by atoms with Crippen LogP contribution in [0.2, 0.25) is 0 Å². The summed E-state index contributed by atoms with van der Waals surface area (Å²) in [5.74, 6) is 0. The molecule has 0 aliphatic heterocycles. The van der Waals surface area contributed by atoms with Crippen molar-refractivity contribution in [2.45, 2.75) is 6.42 Å². The zero-order valence-electron chi connectivity index (χ0n) is 11.3. The maximum atomic E-state index is 9.40. The molecular weight excluding hydrogens is 672 g/mol. The fourth-order valence-electron chi connectivity index (χ4n) is 0.340. The molecule has 0 saturated carbocycles. The van der Waals surface area contributed by atoms with Crippen LogP contribution in [0.15, 0.2) is 18.2 Å². The third kappa shape index (κ3) is 95.6. The van der Waals surface area contributed by atoms with Crippen LogP contribution in [0, 0.1) is 6.08 Å². The zero-order valence-corrected chi connectivity index (χ0v) is 18.4. The van der Waals surface area contributed by atoms with Gasteiger partial charge in [0.05, 0.1) is 0 Å². The van der Waals surface area contributed by atoms with Gasteiger partial charge in [0.2, 0.25) is 11.2 Å². The normalized spacial score (nSPS) is 8.72. The van der Waals surface area contributed by atoms with Gasteiger partial charge >= 0.3 is 0 Å². The number of hydrogen-bond donors (Lipinski definition) is 0. The second kappa shape index (κ2) is 35.2. The van der Waals surface area contributed by atoms with Crippen molar-refractivity contribution < 1.29 is 92.5 Å². The molecule has 1 radical (unpaired) electrons. The second-order valence-electron chi connectivity index (χ2n) is 2.15. The maximum Gasteiger partial charge on any atom is 0.291 e. The summed E-state index contributed by atoms with van der Waals surface area (Å²) in [5, 5.41) is 0. The van der Waals surface area contributed by atoms with E-state index in [9.17, 15) is 16.8 Å². The SMILES string of the molecule is F.F.F.F.F.F.O=CS(=O)(=O)Cl.O=CS(=O)(=O)Cl.[C-]1=CC=CC1.[Co].[W]. The number of carbonyl (C=O) groups excluding carboxylic acids is 2. The Morgan fingerprint density at radius 3 is 1.08 bits per heavy atom. The van der Waals surface area contributed by atoms with Crippen LogP contribution in [-0.2, 0) is 65.5 Å². The van der Waals surface area contributed by atoms with E-state index in [4.69, 9.17) is 9.59 Å². The molecule has 0 spiro atoms. The molecule has 0 heterocycles. The molecule has 18 heteroatoms. The van der Waals surface area contributed by atoms with E-state index in [1.165, 1.54) is 0 Å². The molecule has 0 fully saturated rings. The van der Waals surface area contributed by atoms with E-state index in [1.807, 2.05) is 12.2 Å². The first-order valence-electron chi connectivity index (χ1n) is 3.64. The number of halogens is 8. The van der Waals surface area contributed by atoms with E-state index in [1.54, 1.807) is 0 Å². The fraction of sp³-hybridized carbons (Fsp3) is 0.143. The minimum Gasteiger partial charge on any atom is -0.284 e. The summed E-state index contributed by atoms with van der Waals surface area (Å²) in [5.41, 5.74) is -0.650. The smallest absolute Gasteiger partial charge is 0.284 e. The molecule has 6 nitrogen and oxygen atoms in total. The molecule has 1 rings (SSSR count). The van der Waals surface area contributed by atoms with Crippen molar-refractivity contribution in [3.63, 3.8) is 0 Å². The predicted octanol–water partition coefficient (Wildman–Crippen LogP) is 1.71. The van der Waals surface area contributed by atoms with Gasteiger partial charge in [0.25, 0.3) is 18.1 Å². The number of carbonyl (C=O) groups is 2. The third-order valence-corrected chi connectivity index (χ3v) is 1.71. The largest absolute Gasteiger partial charge is 0.291 e. The number of allylic oxidation sites excluding steroid dienone is 4. The quantitative estimate of drug-likeness (QED) is 0.190.